The maximum Gasteiger partial charge on any atom is 0.124 e. The zero-order valence-corrected chi connectivity index (χ0v) is 13.7. The van der Waals surface area contributed by atoms with Crippen molar-refractivity contribution in [3.05, 3.63) is 69.2 Å². The number of hydrogen-bond donors (Lipinski definition) is 1. The fraction of sp³-hybridized carbons (Fsp3) is 0.294. The summed E-state index contributed by atoms with van der Waals surface area (Å²) in [4.78, 5) is 0. The van der Waals surface area contributed by atoms with E-state index in [2.05, 4.69) is 21.2 Å². The first-order chi connectivity index (χ1) is 9.99. The monoisotopic (exact) mass is 353 g/mol. The van der Waals surface area contributed by atoms with Crippen LogP contribution in [0, 0.1) is 18.6 Å². The summed E-state index contributed by atoms with van der Waals surface area (Å²) in [6.07, 6.45) is 0.649. The van der Waals surface area contributed by atoms with Crippen molar-refractivity contribution < 1.29 is 8.78 Å². The molecule has 0 spiro atoms. The highest BCUT2D eigenvalue weighted by Crippen LogP contribution is 2.24. The van der Waals surface area contributed by atoms with Gasteiger partial charge in [0.25, 0.3) is 0 Å². The van der Waals surface area contributed by atoms with Crippen LogP contribution in [-0.4, -0.2) is 6.54 Å². The fourth-order valence-electron chi connectivity index (χ4n) is 2.53. The van der Waals surface area contributed by atoms with E-state index in [9.17, 15) is 8.78 Å². The van der Waals surface area contributed by atoms with Crippen molar-refractivity contribution in [1.82, 2.24) is 5.32 Å². The van der Waals surface area contributed by atoms with E-state index in [1.165, 1.54) is 24.3 Å². The van der Waals surface area contributed by atoms with Gasteiger partial charge in [0.1, 0.15) is 11.6 Å². The molecule has 1 unspecified atom stereocenters. The van der Waals surface area contributed by atoms with Crippen molar-refractivity contribution >= 4 is 15.9 Å². The van der Waals surface area contributed by atoms with E-state index in [0.29, 0.717) is 6.42 Å². The van der Waals surface area contributed by atoms with Gasteiger partial charge in [0.15, 0.2) is 0 Å². The molecular formula is C17H18BrF2N. The molecule has 0 aliphatic rings. The molecule has 1 atom stereocenters. The molecule has 0 aliphatic carbocycles. The molecule has 0 heterocycles. The molecule has 112 valence electrons. The number of aryl methyl sites for hydroxylation is 1. The van der Waals surface area contributed by atoms with Gasteiger partial charge in [0.2, 0.25) is 0 Å². The number of benzene rings is 2. The molecular weight excluding hydrogens is 336 g/mol. The molecule has 1 nitrogen and oxygen atoms in total. The Balaban J connectivity index is 2.30. The smallest absolute Gasteiger partial charge is 0.124 e. The van der Waals surface area contributed by atoms with Crippen LogP contribution in [0.25, 0.3) is 0 Å². The second-order valence-electron chi connectivity index (χ2n) is 5.09. The average Bonchev–Trinajstić information content (AvgIpc) is 2.37. The van der Waals surface area contributed by atoms with Crippen LogP contribution in [0.15, 0.2) is 40.9 Å². The topological polar surface area (TPSA) is 12.0 Å². The second-order valence-corrected chi connectivity index (χ2v) is 6.01. The SMILES string of the molecule is CCNC(Cc1cc(F)cc(Br)c1)c1ccc(F)cc1C. The molecule has 2 aromatic carbocycles. The van der Waals surface area contributed by atoms with Crippen LogP contribution in [0.4, 0.5) is 8.78 Å². The van der Waals surface area contributed by atoms with Crippen molar-refractivity contribution in [1.29, 1.82) is 0 Å². The van der Waals surface area contributed by atoms with Gasteiger partial charge < -0.3 is 5.32 Å². The Bertz CT molecular complexity index is 608. The summed E-state index contributed by atoms with van der Waals surface area (Å²) < 4.78 is 27.5. The Morgan fingerprint density at radius 3 is 2.48 bits per heavy atom. The van der Waals surface area contributed by atoms with Crippen LogP contribution in [0.1, 0.15) is 29.7 Å². The third-order valence-corrected chi connectivity index (χ3v) is 3.88. The first-order valence-electron chi connectivity index (χ1n) is 6.94. The number of likely N-dealkylation sites (N-methyl/N-ethyl adjacent to an activating group) is 1. The van der Waals surface area contributed by atoms with Gasteiger partial charge in [-0.15, -0.1) is 0 Å². The molecule has 0 saturated carbocycles. The van der Waals surface area contributed by atoms with Crippen LogP contribution < -0.4 is 5.32 Å². The first kappa shape index (κ1) is 16.1. The van der Waals surface area contributed by atoms with Crippen LogP contribution in [0.3, 0.4) is 0 Å². The van der Waals surface area contributed by atoms with E-state index in [4.69, 9.17) is 0 Å². The predicted molar refractivity (Wildman–Crippen MR) is 85.4 cm³/mol. The standard InChI is InChI=1S/C17H18BrF2N/c1-3-21-17(16-5-4-14(19)6-11(16)2)9-12-7-13(18)10-15(20)8-12/h4-8,10,17,21H,3,9H2,1-2H3. The van der Waals surface area contributed by atoms with Crippen molar-refractivity contribution in [3.63, 3.8) is 0 Å². The van der Waals surface area contributed by atoms with Crippen molar-refractivity contribution in [2.24, 2.45) is 0 Å². The minimum Gasteiger partial charge on any atom is -0.310 e. The Morgan fingerprint density at radius 2 is 1.86 bits per heavy atom. The lowest BCUT2D eigenvalue weighted by atomic mass is 9.95. The summed E-state index contributed by atoms with van der Waals surface area (Å²) in [5.74, 6) is -0.495. The Labute approximate surface area is 132 Å². The highest BCUT2D eigenvalue weighted by molar-refractivity contribution is 9.10. The van der Waals surface area contributed by atoms with Gasteiger partial charge in [0, 0.05) is 10.5 Å². The summed E-state index contributed by atoms with van der Waals surface area (Å²) >= 11 is 3.31. The predicted octanol–water partition coefficient (Wildman–Crippen LogP) is 4.93. The quantitative estimate of drug-likeness (QED) is 0.803. The van der Waals surface area contributed by atoms with Gasteiger partial charge in [-0.1, -0.05) is 28.9 Å². The summed E-state index contributed by atoms with van der Waals surface area (Å²) in [5.41, 5.74) is 2.84. The summed E-state index contributed by atoms with van der Waals surface area (Å²) in [5, 5.41) is 3.39. The molecule has 0 bridgehead atoms. The normalized spacial score (nSPS) is 12.4. The van der Waals surface area contributed by atoms with E-state index < -0.39 is 0 Å². The fourth-order valence-corrected chi connectivity index (χ4v) is 3.05. The van der Waals surface area contributed by atoms with E-state index in [-0.39, 0.29) is 17.7 Å². The van der Waals surface area contributed by atoms with Crippen LogP contribution >= 0.6 is 15.9 Å². The van der Waals surface area contributed by atoms with E-state index in [0.717, 1.165) is 27.7 Å². The summed E-state index contributed by atoms with van der Waals surface area (Å²) in [7, 11) is 0. The summed E-state index contributed by atoms with van der Waals surface area (Å²) in [6.45, 7) is 4.70. The number of rotatable bonds is 5. The van der Waals surface area contributed by atoms with Crippen molar-refractivity contribution in [3.8, 4) is 0 Å². The third-order valence-electron chi connectivity index (χ3n) is 3.42. The third kappa shape index (κ3) is 4.35. The molecule has 1 N–H and O–H groups in total. The second kappa shape index (κ2) is 7.14. The molecule has 21 heavy (non-hydrogen) atoms. The van der Waals surface area contributed by atoms with Crippen molar-refractivity contribution in [2.45, 2.75) is 26.3 Å². The minimum absolute atomic E-state index is 0.0318. The highest BCUT2D eigenvalue weighted by Gasteiger charge is 2.15. The first-order valence-corrected chi connectivity index (χ1v) is 7.73. The lowest BCUT2D eigenvalue weighted by Gasteiger charge is -2.21. The average molecular weight is 354 g/mol. The van der Waals surface area contributed by atoms with Gasteiger partial charge in [0.05, 0.1) is 0 Å². The molecule has 0 aromatic heterocycles. The molecule has 2 rings (SSSR count). The molecule has 0 amide bonds. The van der Waals surface area contributed by atoms with Gasteiger partial charge in [-0.3, -0.25) is 0 Å². The lowest BCUT2D eigenvalue weighted by Crippen LogP contribution is -2.23. The maximum absolute atomic E-state index is 13.5. The van der Waals surface area contributed by atoms with Crippen molar-refractivity contribution in [2.75, 3.05) is 6.54 Å². The van der Waals surface area contributed by atoms with E-state index in [1.807, 2.05) is 19.9 Å². The Kier molecular flexibility index (Phi) is 5.48. The van der Waals surface area contributed by atoms with E-state index in [1.54, 1.807) is 6.07 Å². The Hall–Kier alpha value is -1.26. The molecule has 0 fully saturated rings. The molecule has 0 aliphatic heterocycles. The molecule has 0 saturated heterocycles. The van der Waals surface area contributed by atoms with Gasteiger partial charge in [-0.25, -0.2) is 8.78 Å². The number of halogens is 3. The van der Waals surface area contributed by atoms with Gasteiger partial charge in [-0.2, -0.15) is 0 Å². The molecule has 0 radical (unpaired) electrons. The molecule has 4 heteroatoms. The van der Waals surface area contributed by atoms with E-state index >= 15 is 0 Å². The maximum atomic E-state index is 13.5. The zero-order chi connectivity index (χ0) is 15.4. The van der Waals surface area contributed by atoms with Gasteiger partial charge in [-0.05, 0) is 66.9 Å². The minimum atomic E-state index is -0.259. The highest BCUT2D eigenvalue weighted by atomic mass is 79.9. The molecule has 2 aromatic rings. The lowest BCUT2D eigenvalue weighted by molar-refractivity contribution is 0.541. The van der Waals surface area contributed by atoms with Crippen LogP contribution in [0.2, 0.25) is 0 Å². The zero-order valence-electron chi connectivity index (χ0n) is 12.1. The van der Waals surface area contributed by atoms with Crippen LogP contribution in [0.5, 0.6) is 0 Å². The number of hydrogen-bond acceptors (Lipinski definition) is 1. The largest absolute Gasteiger partial charge is 0.310 e. The van der Waals surface area contributed by atoms with Gasteiger partial charge >= 0.3 is 0 Å². The number of nitrogens with one attached hydrogen (secondary N) is 1. The Morgan fingerprint density at radius 1 is 1.10 bits per heavy atom. The van der Waals surface area contributed by atoms with Crippen LogP contribution in [-0.2, 0) is 6.42 Å². The summed E-state index contributed by atoms with van der Waals surface area (Å²) in [6, 6.07) is 9.71.